The molecule has 0 bridgehead atoms. The second-order valence-electron chi connectivity index (χ2n) is 2.41. The smallest absolute Gasteiger partial charge is 0.221 e. The lowest BCUT2D eigenvalue weighted by molar-refractivity contribution is -0.120. The van der Waals surface area contributed by atoms with Crippen molar-refractivity contribution in [2.75, 3.05) is 13.1 Å². The maximum Gasteiger partial charge on any atom is 0.221 e. The van der Waals surface area contributed by atoms with Crippen LogP contribution in [-0.4, -0.2) is 25.0 Å². The van der Waals surface area contributed by atoms with Crippen LogP contribution in [-0.2, 0) is 4.79 Å². The molecule has 1 atom stereocenters. The second kappa shape index (κ2) is 2.82. The van der Waals surface area contributed by atoms with Crippen LogP contribution in [0.2, 0.25) is 0 Å². The summed E-state index contributed by atoms with van der Waals surface area (Å²) in [7, 11) is 0. The monoisotopic (exact) mass is 128 g/mol. The normalized spacial score (nSPS) is 29.0. The van der Waals surface area contributed by atoms with Gasteiger partial charge < -0.3 is 10.6 Å². The van der Waals surface area contributed by atoms with Gasteiger partial charge in [0.15, 0.2) is 0 Å². The van der Waals surface area contributed by atoms with Gasteiger partial charge >= 0.3 is 0 Å². The zero-order valence-electron chi connectivity index (χ0n) is 5.61. The van der Waals surface area contributed by atoms with E-state index in [0.717, 1.165) is 13.1 Å². The molecule has 1 fully saturated rings. The predicted octanol–water partition coefficient (Wildman–Crippen LogP) is -0.516. The van der Waals surface area contributed by atoms with Crippen molar-refractivity contribution in [2.45, 2.75) is 19.4 Å². The van der Waals surface area contributed by atoms with Crippen LogP contribution >= 0.6 is 0 Å². The highest BCUT2D eigenvalue weighted by Gasteiger charge is 2.09. The quantitative estimate of drug-likeness (QED) is 0.461. The Bertz CT molecular complexity index is 114. The first-order valence-corrected chi connectivity index (χ1v) is 3.29. The molecule has 0 aromatic rings. The van der Waals surface area contributed by atoms with Crippen LogP contribution in [0.25, 0.3) is 0 Å². The van der Waals surface area contributed by atoms with Crippen molar-refractivity contribution in [3.05, 3.63) is 0 Å². The van der Waals surface area contributed by atoms with Crippen LogP contribution in [0, 0.1) is 0 Å². The largest absolute Gasteiger partial charge is 0.355 e. The van der Waals surface area contributed by atoms with Gasteiger partial charge in [0.2, 0.25) is 5.91 Å². The number of nitrogens with one attached hydrogen (secondary N) is 2. The van der Waals surface area contributed by atoms with Crippen LogP contribution in [0.15, 0.2) is 0 Å². The van der Waals surface area contributed by atoms with E-state index in [1.54, 1.807) is 0 Å². The predicted molar refractivity (Wildman–Crippen MR) is 35.1 cm³/mol. The lowest BCUT2D eigenvalue weighted by Gasteiger charge is -2.06. The molecule has 52 valence electrons. The molecule has 1 aliphatic rings. The molecule has 3 nitrogen and oxygen atoms in total. The summed E-state index contributed by atoms with van der Waals surface area (Å²) in [4.78, 5) is 10.7. The van der Waals surface area contributed by atoms with Gasteiger partial charge in [-0.25, -0.2) is 0 Å². The molecule has 2 N–H and O–H groups in total. The van der Waals surface area contributed by atoms with Gasteiger partial charge in [-0.2, -0.15) is 0 Å². The first kappa shape index (κ1) is 6.55. The zero-order valence-corrected chi connectivity index (χ0v) is 5.61. The molecular weight excluding hydrogens is 116 g/mol. The fourth-order valence-electron chi connectivity index (χ4n) is 0.860. The minimum absolute atomic E-state index is 0.159. The van der Waals surface area contributed by atoms with Gasteiger partial charge in [-0.05, 0) is 6.92 Å². The van der Waals surface area contributed by atoms with Gasteiger partial charge in [0.25, 0.3) is 0 Å². The Balaban J connectivity index is 2.34. The van der Waals surface area contributed by atoms with Crippen molar-refractivity contribution in [1.82, 2.24) is 10.6 Å². The summed E-state index contributed by atoms with van der Waals surface area (Å²) in [5, 5.41) is 5.98. The van der Waals surface area contributed by atoms with Crippen molar-refractivity contribution in [1.29, 1.82) is 0 Å². The van der Waals surface area contributed by atoms with E-state index < -0.39 is 0 Å². The fraction of sp³-hybridized carbons (Fsp3) is 0.833. The van der Waals surface area contributed by atoms with E-state index in [0.29, 0.717) is 12.5 Å². The average Bonchev–Trinajstić information content (AvgIpc) is 1.97. The molecule has 1 rings (SSSR count). The molecule has 1 saturated heterocycles. The van der Waals surface area contributed by atoms with Crippen molar-refractivity contribution >= 4 is 5.91 Å². The molecule has 1 amide bonds. The molecule has 1 aliphatic heterocycles. The molecule has 0 saturated carbocycles. The fourth-order valence-corrected chi connectivity index (χ4v) is 0.860. The highest BCUT2D eigenvalue weighted by atomic mass is 16.1. The van der Waals surface area contributed by atoms with Crippen molar-refractivity contribution < 1.29 is 4.79 Å². The molecule has 0 unspecified atom stereocenters. The minimum atomic E-state index is 0.159. The summed E-state index contributed by atoms with van der Waals surface area (Å²) >= 11 is 0. The van der Waals surface area contributed by atoms with Crippen LogP contribution in [0.1, 0.15) is 13.3 Å². The van der Waals surface area contributed by atoms with Gasteiger partial charge in [0.05, 0.1) is 0 Å². The van der Waals surface area contributed by atoms with E-state index in [-0.39, 0.29) is 5.91 Å². The van der Waals surface area contributed by atoms with E-state index in [1.165, 1.54) is 0 Å². The molecule has 0 radical (unpaired) electrons. The minimum Gasteiger partial charge on any atom is -0.355 e. The van der Waals surface area contributed by atoms with E-state index in [2.05, 4.69) is 17.6 Å². The maximum atomic E-state index is 10.7. The first-order chi connectivity index (χ1) is 4.29. The number of carbonyl (C=O) groups is 1. The highest BCUT2D eigenvalue weighted by Crippen LogP contribution is 1.87. The summed E-state index contributed by atoms with van der Waals surface area (Å²) in [6.07, 6.45) is 0.615. The molecule has 0 aromatic heterocycles. The highest BCUT2D eigenvalue weighted by molar-refractivity contribution is 5.76. The van der Waals surface area contributed by atoms with Gasteiger partial charge in [0, 0.05) is 25.6 Å². The average molecular weight is 128 g/mol. The van der Waals surface area contributed by atoms with Gasteiger partial charge in [-0.1, -0.05) is 0 Å². The summed E-state index contributed by atoms with van der Waals surface area (Å²) < 4.78 is 0. The maximum absolute atomic E-state index is 10.7. The third-order valence-electron chi connectivity index (χ3n) is 1.45. The molecule has 0 spiro atoms. The molecule has 1 heterocycles. The number of carbonyl (C=O) groups excluding carboxylic acids is 1. The Morgan fingerprint density at radius 2 is 2.44 bits per heavy atom. The molecule has 3 heteroatoms. The van der Waals surface area contributed by atoms with Crippen LogP contribution in [0.3, 0.4) is 0 Å². The number of hydrogen-bond donors (Lipinski definition) is 2. The van der Waals surface area contributed by atoms with Crippen molar-refractivity contribution in [3.8, 4) is 0 Å². The third kappa shape index (κ3) is 2.01. The lowest BCUT2D eigenvalue weighted by atomic mass is 10.3. The van der Waals surface area contributed by atoms with Gasteiger partial charge in [-0.15, -0.1) is 0 Å². The lowest BCUT2D eigenvalue weighted by Crippen LogP contribution is -2.33. The first-order valence-electron chi connectivity index (χ1n) is 3.29. The second-order valence-corrected chi connectivity index (χ2v) is 2.41. The summed E-state index contributed by atoms with van der Waals surface area (Å²) in [5.41, 5.74) is 0. The number of amides is 1. The van der Waals surface area contributed by atoms with Crippen LogP contribution in [0.4, 0.5) is 0 Å². The Labute approximate surface area is 54.8 Å². The van der Waals surface area contributed by atoms with Gasteiger partial charge in [0.1, 0.15) is 0 Å². The topological polar surface area (TPSA) is 41.1 Å². The molecule has 9 heavy (non-hydrogen) atoms. The number of hydrogen-bond acceptors (Lipinski definition) is 2. The van der Waals surface area contributed by atoms with E-state index in [4.69, 9.17) is 0 Å². The summed E-state index contributed by atoms with van der Waals surface area (Å²) in [6.45, 7) is 3.64. The number of rotatable bonds is 0. The SMILES string of the molecule is C[C@@H]1CNC(=O)CCN1. The Morgan fingerprint density at radius 3 is 3.22 bits per heavy atom. The zero-order chi connectivity index (χ0) is 6.69. The standard InChI is InChI=1S/C6H12N2O/c1-5-4-8-6(9)2-3-7-5/h5,7H,2-4H2,1H3,(H,8,9)/t5-/m1/s1. The van der Waals surface area contributed by atoms with Gasteiger partial charge in [-0.3, -0.25) is 4.79 Å². The van der Waals surface area contributed by atoms with Crippen molar-refractivity contribution in [3.63, 3.8) is 0 Å². The molecule has 0 aromatic carbocycles. The van der Waals surface area contributed by atoms with E-state index in [1.807, 2.05) is 0 Å². The van der Waals surface area contributed by atoms with E-state index in [9.17, 15) is 4.79 Å². The third-order valence-corrected chi connectivity index (χ3v) is 1.45. The van der Waals surface area contributed by atoms with E-state index >= 15 is 0 Å². The van der Waals surface area contributed by atoms with Crippen LogP contribution < -0.4 is 10.6 Å². The van der Waals surface area contributed by atoms with Crippen LogP contribution in [0.5, 0.6) is 0 Å². The Kier molecular flexibility index (Phi) is 2.05. The molecular formula is C6H12N2O. The van der Waals surface area contributed by atoms with Crippen molar-refractivity contribution in [2.24, 2.45) is 0 Å². The Hall–Kier alpha value is -0.570. The summed E-state index contributed by atoms with van der Waals surface area (Å²) in [6, 6.07) is 0.427. The Morgan fingerprint density at radius 1 is 1.67 bits per heavy atom. The molecule has 0 aliphatic carbocycles. The summed E-state index contributed by atoms with van der Waals surface area (Å²) in [5.74, 6) is 0.159.